The molecule has 0 unspecified atom stereocenters. The molecule has 4 aromatic carbocycles. The number of likely N-dealkylation sites (tertiary alicyclic amines) is 2. The molecule has 2 aliphatic heterocycles. The number of fused-ring (bicyclic) bond motifs is 3. The highest BCUT2D eigenvalue weighted by atomic mass is 16.2. The molecule has 2 saturated heterocycles. The van der Waals surface area contributed by atoms with Crippen LogP contribution in [0.5, 0.6) is 0 Å². The summed E-state index contributed by atoms with van der Waals surface area (Å²) in [5.74, 6) is -9.18. The van der Waals surface area contributed by atoms with E-state index in [1.54, 1.807) is 61.1 Å². The Morgan fingerprint density at radius 3 is 1.30 bits per heavy atom. The van der Waals surface area contributed by atoms with Crippen molar-refractivity contribution in [2.45, 2.75) is 203 Å². The van der Waals surface area contributed by atoms with Crippen LogP contribution in [0.4, 0.5) is 0 Å². The third kappa shape index (κ3) is 23.9. The Labute approximate surface area is 656 Å². The van der Waals surface area contributed by atoms with Crippen LogP contribution < -0.4 is 76.9 Å². The Morgan fingerprint density at radius 1 is 0.442 bits per heavy atom. The topological polar surface area (TPSA) is 523 Å². The van der Waals surface area contributed by atoms with Gasteiger partial charge in [-0.2, -0.15) is 0 Å². The Bertz CT molecular complexity index is 4510. The van der Waals surface area contributed by atoms with E-state index in [0.29, 0.717) is 89.1 Å². The van der Waals surface area contributed by atoms with Crippen LogP contribution in [-0.2, 0) is 83.2 Å². The van der Waals surface area contributed by atoms with Crippen LogP contribution in [0.3, 0.4) is 0 Å². The number of amides is 12. The van der Waals surface area contributed by atoms with E-state index in [0.717, 1.165) is 10.9 Å². The molecule has 12 amide bonds. The van der Waals surface area contributed by atoms with E-state index in [1.165, 1.54) is 9.80 Å². The van der Waals surface area contributed by atoms with Crippen molar-refractivity contribution in [3.8, 4) is 0 Å². The lowest BCUT2D eigenvalue weighted by molar-refractivity contribution is -0.144. The van der Waals surface area contributed by atoms with Gasteiger partial charge in [-0.3, -0.25) is 62.5 Å². The highest BCUT2D eigenvalue weighted by Gasteiger charge is 2.43. The molecule has 32 nitrogen and oxygen atoms in total. The van der Waals surface area contributed by atoms with E-state index in [4.69, 9.17) is 34.4 Å². The summed E-state index contributed by atoms with van der Waals surface area (Å²) in [5.41, 5.74) is 39.2. The standard InChI is InChI=1S/C81H110N20O12/c1-46(2)37-61(70(85)103)94-72(105)62(38-47(3)4)95-75(108)65(41-50-44-90-57-26-12-9-22-53(50)57)98-73(106)63(39-48-19-6-5-7-20-48)96-76(109)64(40-49-43-89-56-25-11-8-21-52(49)56)97-71(104)59(31-32-69(84)102)92-74(107)66(42-51-45-91-58-27-13-10-23-54(51)58)99-78(111)68-30-18-36-101(68)80(113)60(28-14-15-33-82)93-77(110)67-29-17-35-100(67)79(112)55(83)24-16-34-88-81(86)87/h5-13,19-23,25-27,43-47,55,59-68,89-91H,14-18,24,28-42,82-83H2,1-4H3,(H2,84,102)(H2,85,103)(H,92,107)(H,93,110)(H,94,105)(H,95,108)(H,96,109)(H,97,104)(H,98,106)(H,99,111)(H4,86,87,88)/t55-,59+,60+,61+,62+,63+,64-,65-,66-,67+,68+/m1/s1. The summed E-state index contributed by atoms with van der Waals surface area (Å²) in [5, 5.41) is 24.9. The Balaban J connectivity index is 0.991. The number of H-pyrrole nitrogens is 3. The van der Waals surface area contributed by atoms with Crippen molar-refractivity contribution in [3.05, 3.63) is 144 Å². The second-order valence-corrected chi connectivity index (χ2v) is 30.3. The number of rotatable bonds is 42. The first-order valence-corrected chi connectivity index (χ1v) is 39.0. The molecule has 3 aromatic heterocycles. The molecular weight excluding hydrogens is 1450 g/mol. The second kappa shape index (κ2) is 41.0. The molecule has 113 heavy (non-hydrogen) atoms. The number of guanidine groups is 1. The zero-order valence-corrected chi connectivity index (χ0v) is 64.6. The van der Waals surface area contributed by atoms with E-state index in [1.807, 2.05) is 88.4 Å². The predicted octanol–water partition coefficient (Wildman–Crippen LogP) is 1.61. The number of hydrogen-bond donors (Lipinski definition) is 17. The molecule has 0 aliphatic carbocycles. The fourth-order valence-electron chi connectivity index (χ4n) is 14.8. The summed E-state index contributed by atoms with van der Waals surface area (Å²) in [6.45, 7) is 8.38. The van der Waals surface area contributed by atoms with Gasteiger partial charge in [-0.15, -0.1) is 0 Å². The van der Waals surface area contributed by atoms with Gasteiger partial charge in [0.1, 0.15) is 60.4 Å². The van der Waals surface area contributed by atoms with Crippen molar-refractivity contribution in [1.29, 1.82) is 0 Å². The van der Waals surface area contributed by atoms with Crippen LogP contribution in [0, 0.1) is 11.8 Å². The van der Waals surface area contributed by atoms with Crippen LogP contribution in [0.1, 0.15) is 133 Å². The zero-order valence-electron chi connectivity index (χ0n) is 64.6. The number of nitrogens with zero attached hydrogens (tertiary/aromatic N) is 3. The van der Waals surface area contributed by atoms with Crippen molar-refractivity contribution in [2.24, 2.45) is 51.2 Å². The largest absolute Gasteiger partial charge is 0.370 e. The number of primary amides is 2. The zero-order chi connectivity index (χ0) is 81.4. The van der Waals surface area contributed by atoms with Gasteiger partial charge in [0.15, 0.2) is 5.96 Å². The number of aromatic nitrogens is 3. The minimum absolute atomic E-state index is 0.0287. The lowest BCUT2D eigenvalue weighted by Crippen LogP contribution is -2.61. The molecule has 606 valence electrons. The Morgan fingerprint density at radius 2 is 0.841 bits per heavy atom. The lowest BCUT2D eigenvalue weighted by atomic mass is 9.98. The number of nitrogens with one attached hydrogen (secondary N) is 11. The first-order chi connectivity index (χ1) is 54.2. The van der Waals surface area contributed by atoms with E-state index >= 15 is 28.8 Å². The molecule has 0 spiro atoms. The Hall–Kier alpha value is -11.7. The van der Waals surface area contributed by atoms with Crippen LogP contribution in [0.2, 0.25) is 0 Å². The molecule has 0 radical (unpaired) electrons. The van der Waals surface area contributed by atoms with E-state index in [2.05, 4.69) is 62.5 Å². The van der Waals surface area contributed by atoms with Gasteiger partial charge in [0.25, 0.3) is 0 Å². The number of carbonyl (C=O) groups excluding carboxylic acids is 12. The van der Waals surface area contributed by atoms with Crippen molar-refractivity contribution in [2.75, 3.05) is 26.2 Å². The summed E-state index contributed by atoms with van der Waals surface area (Å²) in [7, 11) is 0. The summed E-state index contributed by atoms with van der Waals surface area (Å²) in [6, 6.07) is 16.6. The van der Waals surface area contributed by atoms with Crippen molar-refractivity contribution >= 4 is 110 Å². The maximum atomic E-state index is 15.6. The molecule has 2 fully saturated rings. The van der Waals surface area contributed by atoms with Gasteiger partial charge >= 0.3 is 0 Å². The SMILES string of the molecule is CC(C)C[C@H](NC(=O)[C@H](CC(C)C)NC(=O)[C@@H](Cc1c[nH]c2ccccc12)NC(=O)[C@H](Cc1ccccc1)NC(=O)[C@@H](Cc1c[nH]c2ccccc12)NC(=O)[C@H](CCC(N)=O)NC(=O)[C@@H](Cc1c[nH]c2ccccc12)NC(=O)[C@@H]1CCCN1C(=O)[C@H](CCCCN)NC(=O)[C@@H]1CCCN1C(=O)[C@H](N)CCCN=C(N)N)C(N)=O. The summed E-state index contributed by atoms with van der Waals surface area (Å²) in [4.78, 5) is 191. The first kappa shape index (κ1) is 85.3. The minimum atomic E-state index is -1.64. The predicted molar refractivity (Wildman–Crippen MR) is 428 cm³/mol. The molecule has 32 heteroatoms. The highest BCUT2D eigenvalue weighted by molar-refractivity contribution is 6.01. The number of aliphatic imine (C=N–C) groups is 1. The van der Waals surface area contributed by atoms with Crippen LogP contribution in [0.15, 0.2) is 127 Å². The van der Waals surface area contributed by atoms with Crippen molar-refractivity contribution in [1.82, 2.24) is 67.3 Å². The van der Waals surface area contributed by atoms with Gasteiger partial charge in [0.2, 0.25) is 70.9 Å². The molecule has 9 rings (SSSR count). The molecule has 2 aliphatic rings. The van der Waals surface area contributed by atoms with Crippen LogP contribution in [-0.4, -0.2) is 194 Å². The van der Waals surface area contributed by atoms with E-state index in [9.17, 15) is 28.8 Å². The fraction of sp³-hybridized carbons (Fsp3) is 0.469. The molecule has 0 saturated carbocycles. The molecule has 0 bridgehead atoms. The van der Waals surface area contributed by atoms with E-state index < -0.39 is 150 Å². The molecule has 7 aromatic rings. The lowest BCUT2D eigenvalue weighted by Gasteiger charge is -2.32. The van der Waals surface area contributed by atoms with Gasteiger partial charge in [0.05, 0.1) is 6.04 Å². The number of hydrogen-bond acceptors (Lipinski definition) is 15. The second-order valence-electron chi connectivity index (χ2n) is 30.3. The summed E-state index contributed by atoms with van der Waals surface area (Å²) in [6.07, 6.45) is 6.97. The number of nitrogens with two attached hydrogens (primary N) is 6. The third-order valence-electron chi connectivity index (χ3n) is 20.7. The molecular formula is C81H110N20O12. The summed E-state index contributed by atoms with van der Waals surface area (Å²) >= 11 is 0. The van der Waals surface area contributed by atoms with Crippen LogP contribution >= 0.6 is 0 Å². The van der Waals surface area contributed by atoms with Crippen LogP contribution in [0.25, 0.3) is 32.7 Å². The van der Waals surface area contributed by atoms with Gasteiger partial charge in [-0.05, 0) is 136 Å². The maximum absolute atomic E-state index is 15.6. The van der Waals surface area contributed by atoms with E-state index in [-0.39, 0.29) is 95.2 Å². The molecule has 5 heterocycles. The number of para-hydroxylation sites is 3. The average molecular weight is 1560 g/mol. The van der Waals surface area contributed by atoms with Gasteiger partial charge < -0.3 is 102 Å². The molecule has 11 atom stereocenters. The monoisotopic (exact) mass is 1550 g/mol. The van der Waals surface area contributed by atoms with Gasteiger partial charge in [-0.25, -0.2) is 0 Å². The average Bonchev–Trinajstić information content (AvgIpc) is 1.72. The highest BCUT2D eigenvalue weighted by Crippen LogP contribution is 2.27. The van der Waals surface area contributed by atoms with Gasteiger partial charge in [-0.1, -0.05) is 113 Å². The third-order valence-corrected chi connectivity index (χ3v) is 20.7. The molecule has 23 N–H and O–H groups in total. The quantitative estimate of drug-likeness (QED) is 0.0147. The van der Waals surface area contributed by atoms with Crippen molar-refractivity contribution < 1.29 is 57.5 Å². The normalized spacial score (nSPS) is 16.6. The number of aromatic amines is 3. The number of carbonyl (C=O) groups is 12. The fourth-order valence-corrected chi connectivity index (χ4v) is 14.8. The number of unbranched alkanes of at least 4 members (excludes halogenated alkanes) is 1. The first-order valence-electron chi connectivity index (χ1n) is 39.0. The smallest absolute Gasteiger partial charge is 0.245 e. The van der Waals surface area contributed by atoms with Gasteiger partial charge in [0, 0.05) is 103 Å². The maximum Gasteiger partial charge on any atom is 0.245 e. The number of benzene rings is 4. The van der Waals surface area contributed by atoms with Crippen molar-refractivity contribution in [3.63, 3.8) is 0 Å². The summed E-state index contributed by atoms with van der Waals surface area (Å²) < 4.78 is 0. The minimum Gasteiger partial charge on any atom is -0.370 e. The Kier molecular flexibility index (Phi) is 31.0.